The number of anilines is 1. The van der Waals surface area contributed by atoms with Gasteiger partial charge in [-0.25, -0.2) is 0 Å². The lowest BCUT2D eigenvalue weighted by molar-refractivity contribution is -0.124. The van der Waals surface area contributed by atoms with Crippen LogP contribution in [0.2, 0.25) is 0 Å². The van der Waals surface area contributed by atoms with E-state index in [2.05, 4.69) is 10.6 Å². The van der Waals surface area contributed by atoms with Crippen LogP contribution in [-0.2, 0) is 9.59 Å². The first-order valence-corrected chi connectivity index (χ1v) is 7.42. The molecule has 2 atom stereocenters. The third kappa shape index (κ3) is 4.29. The van der Waals surface area contributed by atoms with Crippen LogP contribution in [0, 0.1) is 11.8 Å². The third-order valence-electron chi connectivity index (χ3n) is 3.79. The monoisotopic (exact) mass is 289 g/mol. The molecule has 1 aromatic rings. The second-order valence-electron chi connectivity index (χ2n) is 5.75. The number of carbonyl (C=O) groups is 2. The highest BCUT2D eigenvalue weighted by molar-refractivity contribution is 5.94. The van der Waals surface area contributed by atoms with Gasteiger partial charge >= 0.3 is 0 Å². The maximum Gasteiger partial charge on any atom is 0.227 e. The summed E-state index contributed by atoms with van der Waals surface area (Å²) < 4.78 is 0. The molecule has 0 aromatic heterocycles. The van der Waals surface area contributed by atoms with Crippen molar-refractivity contribution in [3.8, 4) is 0 Å². The third-order valence-corrected chi connectivity index (χ3v) is 3.79. The average molecular weight is 289 g/mol. The number of amides is 2. The molecule has 1 aliphatic carbocycles. The van der Waals surface area contributed by atoms with Crippen molar-refractivity contribution in [2.75, 3.05) is 11.9 Å². The van der Waals surface area contributed by atoms with E-state index >= 15 is 0 Å². The molecule has 0 saturated heterocycles. The van der Waals surface area contributed by atoms with Crippen LogP contribution in [0.15, 0.2) is 24.3 Å². The normalized spacial score (nSPS) is 16.9. The minimum absolute atomic E-state index is 0.0453. The summed E-state index contributed by atoms with van der Waals surface area (Å²) in [7, 11) is 0. The molecule has 1 aromatic carbocycles. The summed E-state index contributed by atoms with van der Waals surface area (Å²) >= 11 is 0. The van der Waals surface area contributed by atoms with Gasteiger partial charge in [-0.1, -0.05) is 19.1 Å². The smallest absolute Gasteiger partial charge is 0.227 e. The van der Waals surface area contributed by atoms with Crippen LogP contribution in [0.5, 0.6) is 0 Å². The number of rotatable bonds is 6. The summed E-state index contributed by atoms with van der Waals surface area (Å²) in [6.07, 6.45) is 1.98. The first-order valence-electron chi connectivity index (χ1n) is 7.42. The molecule has 0 radical (unpaired) electrons. The van der Waals surface area contributed by atoms with Crippen LogP contribution < -0.4 is 16.4 Å². The van der Waals surface area contributed by atoms with Gasteiger partial charge in [-0.2, -0.15) is 0 Å². The number of hydrogen-bond donors (Lipinski definition) is 3. The lowest BCUT2D eigenvalue weighted by Gasteiger charge is -2.17. The molecule has 1 fully saturated rings. The number of benzene rings is 1. The molecule has 0 heterocycles. The van der Waals surface area contributed by atoms with Gasteiger partial charge in [0.25, 0.3) is 0 Å². The average Bonchev–Trinajstić information content (AvgIpc) is 3.31. The van der Waals surface area contributed by atoms with Crippen LogP contribution in [0.3, 0.4) is 0 Å². The van der Waals surface area contributed by atoms with Crippen LogP contribution in [0.25, 0.3) is 0 Å². The van der Waals surface area contributed by atoms with Crippen molar-refractivity contribution in [2.24, 2.45) is 17.6 Å². The Labute approximate surface area is 125 Å². The van der Waals surface area contributed by atoms with Crippen molar-refractivity contribution < 1.29 is 9.59 Å². The zero-order chi connectivity index (χ0) is 15.4. The Balaban J connectivity index is 1.91. The van der Waals surface area contributed by atoms with Gasteiger partial charge < -0.3 is 16.4 Å². The maximum absolute atomic E-state index is 11.8. The molecule has 1 saturated carbocycles. The van der Waals surface area contributed by atoms with Gasteiger partial charge in [-0.3, -0.25) is 9.59 Å². The standard InChI is InChI=1S/C16H23N3O2/c1-10(9-17)15(20)18-11(2)12-5-7-14(8-6-12)19-16(21)13-3-4-13/h5-8,10-11,13H,3-4,9,17H2,1-2H3,(H,18,20)(H,19,21). The Hall–Kier alpha value is -1.88. The summed E-state index contributed by atoms with van der Waals surface area (Å²) in [6.45, 7) is 4.07. The zero-order valence-corrected chi connectivity index (χ0v) is 12.6. The number of nitrogens with one attached hydrogen (secondary N) is 2. The van der Waals surface area contributed by atoms with Crippen LogP contribution >= 0.6 is 0 Å². The lowest BCUT2D eigenvalue weighted by Crippen LogP contribution is -2.34. The van der Waals surface area contributed by atoms with Gasteiger partial charge in [-0.15, -0.1) is 0 Å². The van der Waals surface area contributed by atoms with E-state index in [1.165, 1.54) is 0 Å². The summed E-state index contributed by atoms with van der Waals surface area (Å²) in [5.74, 6) is 0.0576. The quantitative estimate of drug-likeness (QED) is 0.746. The van der Waals surface area contributed by atoms with Gasteiger partial charge in [-0.05, 0) is 37.5 Å². The SMILES string of the molecule is CC(CN)C(=O)NC(C)c1ccc(NC(=O)C2CC2)cc1. The van der Waals surface area contributed by atoms with Crippen molar-refractivity contribution in [1.82, 2.24) is 5.32 Å². The van der Waals surface area contributed by atoms with E-state index in [0.29, 0.717) is 6.54 Å². The Morgan fingerprint density at radius 2 is 1.86 bits per heavy atom. The Morgan fingerprint density at radius 1 is 1.24 bits per heavy atom. The van der Waals surface area contributed by atoms with E-state index in [1.54, 1.807) is 6.92 Å². The number of carbonyl (C=O) groups excluding carboxylic acids is 2. The molecular formula is C16H23N3O2. The van der Waals surface area contributed by atoms with E-state index in [1.807, 2.05) is 31.2 Å². The summed E-state index contributed by atoms with van der Waals surface area (Å²) in [4.78, 5) is 23.5. The van der Waals surface area contributed by atoms with Crippen molar-refractivity contribution in [2.45, 2.75) is 32.7 Å². The fourth-order valence-corrected chi connectivity index (χ4v) is 1.99. The van der Waals surface area contributed by atoms with Crippen molar-refractivity contribution in [3.05, 3.63) is 29.8 Å². The van der Waals surface area contributed by atoms with E-state index in [-0.39, 0.29) is 29.7 Å². The topological polar surface area (TPSA) is 84.2 Å². The zero-order valence-electron chi connectivity index (χ0n) is 12.6. The minimum atomic E-state index is -0.190. The summed E-state index contributed by atoms with van der Waals surface area (Å²) in [6, 6.07) is 7.48. The molecule has 0 spiro atoms. The van der Waals surface area contributed by atoms with Gasteiger partial charge in [0, 0.05) is 24.1 Å². The molecule has 114 valence electrons. The molecule has 2 amide bonds. The summed E-state index contributed by atoms with van der Waals surface area (Å²) in [5.41, 5.74) is 7.28. The van der Waals surface area contributed by atoms with Gasteiger partial charge in [0.2, 0.25) is 11.8 Å². The first-order chi connectivity index (χ1) is 10.0. The molecule has 2 rings (SSSR count). The van der Waals surface area contributed by atoms with Gasteiger partial charge in [0.1, 0.15) is 0 Å². The molecule has 0 bridgehead atoms. The molecule has 4 N–H and O–H groups in total. The molecule has 0 aliphatic heterocycles. The highest BCUT2D eigenvalue weighted by Crippen LogP contribution is 2.30. The minimum Gasteiger partial charge on any atom is -0.349 e. The summed E-state index contributed by atoms with van der Waals surface area (Å²) in [5, 5.41) is 5.82. The lowest BCUT2D eigenvalue weighted by atomic mass is 10.1. The number of hydrogen-bond acceptors (Lipinski definition) is 3. The van der Waals surface area contributed by atoms with E-state index in [4.69, 9.17) is 5.73 Å². The molecule has 5 nitrogen and oxygen atoms in total. The van der Waals surface area contributed by atoms with E-state index < -0.39 is 0 Å². The Kier molecular flexibility index (Phi) is 4.96. The van der Waals surface area contributed by atoms with Crippen molar-refractivity contribution >= 4 is 17.5 Å². The second kappa shape index (κ2) is 6.72. The van der Waals surface area contributed by atoms with E-state index in [9.17, 15) is 9.59 Å². The molecule has 1 aliphatic rings. The first kappa shape index (κ1) is 15.5. The van der Waals surface area contributed by atoms with Crippen LogP contribution in [0.1, 0.15) is 38.3 Å². The Morgan fingerprint density at radius 3 is 2.38 bits per heavy atom. The molecule has 5 heteroatoms. The molecular weight excluding hydrogens is 266 g/mol. The van der Waals surface area contributed by atoms with Crippen LogP contribution in [0.4, 0.5) is 5.69 Å². The van der Waals surface area contributed by atoms with Crippen molar-refractivity contribution in [3.63, 3.8) is 0 Å². The molecule has 21 heavy (non-hydrogen) atoms. The van der Waals surface area contributed by atoms with E-state index in [0.717, 1.165) is 24.1 Å². The highest BCUT2D eigenvalue weighted by atomic mass is 16.2. The van der Waals surface area contributed by atoms with Gasteiger partial charge in [0.05, 0.1) is 6.04 Å². The second-order valence-corrected chi connectivity index (χ2v) is 5.75. The number of nitrogens with two attached hydrogens (primary N) is 1. The predicted molar refractivity (Wildman–Crippen MR) is 82.6 cm³/mol. The Bertz CT molecular complexity index is 509. The highest BCUT2D eigenvalue weighted by Gasteiger charge is 2.29. The maximum atomic E-state index is 11.8. The largest absolute Gasteiger partial charge is 0.349 e. The fraction of sp³-hybridized carbons (Fsp3) is 0.500. The van der Waals surface area contributed by atoms with Gasteiger partial charge in [0.15, 0.2) is 0 Å². The van der Waals surface area contributed by atoms with Crippen molar-refractivity contribution in [1.29, 1.82) is 0 Å². The predicted octanol–water partition coefficient (Wildman–Crippen LogP) is 1.81. The fourth-order valence-electron chi connectivity index (χ4n) is 1.99. The van der Waals surface area contributed by atoms with Crippen LogP contribution in [-0.4, -0.2) is 18.4 Å². The molecule has 2 unspecified atom stereocenters.